The summed E-state index contributed by atoms with van der Waals surface area (Å²) < 4.78 is 12.5. The van der Waals surface area contributed by atoms with Crippen LogP contribution in [0.4, 0.5) is 10.1 Å². The van der Waals surface area contributed by atoms with E-state index >= 15 is 0 Å². The Labute approximate surface area is 86.6 Å². The van der Waals surface area contributed by atoms with Gasteiger partial charge in [-0.2, -0.15) is 0 Å². The smallest absolute Gasteiger partial charge is 0.423 e. The minimum Gasteiger partial charge on any atom is -0.423 e. The Morgan fingerprint density at radius 1 is 1.50 bits per heavy atom. The summed E-state index contributed by atoms with van der Waals surface area (Å²) in [6, 6.07) is 1.86. The zero-order valence-corrected chi connectivity index (χ0v) is 8.23. The van der Waals surface area contributed by atoms with E-state index in [1.165, 1.54) is 0 Å². The molecule has 14 heavy (non-hydrogen) atoms. The number of benzene rings is 1. The monoisotopic (exact) mass is 263 g/mol. The van der Waals surface area contributed by atoms with Gasteiger partial charge in [-0.1, -0.05) is 6.07 Å². The molecule has 0 aliphatic rings. The topological polar surface area (TPSA) is 83.6 Å². The second-order valence-corrected chi connectivity index (χ2v) is 3.22. The Morgan fingerprint density at radius 2 is 2.07 bits per heavy atom. The van der Waals surface area contributed by atoms with Gasteiger partial charge in [0.15, 0.2) is 0 Å². The van der Waals surface area contributed by atoms with Crippen LogP contribution in [0.15, 0.2) is 16.6 Å². The zero-order valence-electron chi connectivity index (χ0n) is 6.65. The lowest BCUT2D eigenvalue weighted by Gasteiger charge is -2.03. The highest BCUT2D eigenvalue weighted by atomic mass is 79.9. The van der Waals surface area contributed by atoms with Crippen LogP contribution in [0.25, 0.3) is 0 Å². The van der Waals surface area contributed by atoms with Crippen molar-refractivity contribution in [3.05, 3.63) is 32.5 Å². The lowest BCUT2D eigenvalue weighted by molar-refractivity contribution is -0.384. The van der Waals surface area contributed by atoms with Crippen molar-refractivity contribution in [2.45, 2.75) is 0 Å². The maximum atomic E-state index is 12.9. The van der Waals surface area contributed by atoms with Crippen molar-refractivity contribution in [1.29, 1.82) is 0 Å². The number of halogens is 2. The SMILES string of the molecule is O=[N+]([O-])c1c(B(O)O)ccc(F)c1Br. The lowest BCUT2D eigenvalue weighted by atomic mass is 9.79. The van der Waals surface area contributed by atoms with Gasteiger partial charge in [0.1, 0.15) is 10.3 Å². The van der Waals surface area contributed by atoms with Crippen LogP contribution in [0.1, 0.15) is 0 Å². The van der Waals surface area contributed by atoms with Crippen molar-refractivity contribution in [2.24, 2.45) is 0 Å². The van der Waals surface area contributed by atoms with Crippen LogP contribution in [0, 0.1) is 15.9 Å². The summed E-state index contributed by atoms with van der Waals surface area (Å²) in [6.07, 6.45) is 0. The molecule has 0 heterocycles. The molecule has 0 unspecified atom stereocenters. The highest BCUT2D eigenvalue weighted by molar-refractivity contribution is 9.10. The van der Waals surface area contributed by atoms with Crippen molar-refractivity contribution in [1.82, 2.24) is 0 Å². The van der Waals surface area contributed by atoms with Gasteiger partial charge >= 0.3 is 7.12 Å². The number of nitro groups is 1. The molecule has 0 amide bonds. The molecule has 0 atom stereocenters. The molecule has 0 bridgehead atoms. The van der Waals surface area contributed by atoms with Crippen molar-refractivity contribution < 1.29 is 19.4 Å². The molecule has 74 valence electrons. The Morgan fingerprint density at radius 3 is 2.50 bits per heavy atom. The standard InChI is InChI=1S/C6H4BBrFNO4/c8-5-4(9)2-1-3(7(11)12)6(5)10(13)14/h1-2,11-12H. The molecule has 1 aromatic rings. The summed E-state index contributed by atoms with van der Waals surface area (Å²) in [5.74, 6) is -0.832. The van der Waals surface area contributed by atoms with Gasteiger partial charge in [0, 0.05) is 0 Å². The van der Waals surface area contributed by atoms with Crippen molar-refractivity contribution >= 4 is 34.2 Å². The van der Waals surface area contributed by atoms with Crippen LogP contribution in [0.3, 0.4) is 0 Å². The highest BCUT2D eigenvalue weighted by Gasteiger charge is 2.28. The van der Waals surface area contributed by atoms with Gasteiger partial charge in [-0.3, -0.25) is 10.1 Å². The fourth-order valence-electron chi connectivity index (χ4n) is 0.949. The maximum Gasteiger partial charge on any atom is 0.495 e. The number of hydrogen-bond donors (Lipinski definition) is 2. The molecule has 0 aliphatic heterocycles. The second-order valence-electron chi connectivity index (χ2n) is 2.43. The molecule has 5 nitrogen and oxygen atoms in total. The van der Waals surface area contributed by atoms with E-state index in [2.05, 4.69) is 15.9 Å². The molecule has 2 N–H and O–H groups in total. The number of hydrogen-bond acceptors (Lipinski definition) is 4. The fraction of sp³-hybridized carbons (Fsp3) is 0. The fourth-order valence-corrected chi connectivity index (χ4v) is 1.45. The number of nitrogens with zero attached hydrogens (tertiary/aromatic N) is 1. The van der Waals surface area contributed by atoms with E-state index in [0.29, 0.717) is 0 Å². The summed E-state index contributed by atoms with van der Waals surface area (Å²) in [5.41, 5.74) is -1.04. The largest absolute Gasteiger partial charge is 0.495 e. The second kappa shape index (κ2) is 4.03. The predicted molar refractivity (Wildman–Crippen MR) is 50.6 cm³/mol. The van der Waals surface area contributed by atoms with Crippen LogP contribution < -0.4 is 5.46 Å². The van der Waals surface area contributed by atoms with E-state index in [0.717, 1.165) is 12.1 Å². The Hall–Kier alpha value is -0.985. The van der Waals surface area contributed by atoms with Crippen LogP contribution in [-0.2, 0) is 0 Å². The van der Waals surface area contributed by atoms with Crippen LogP contribution in [-0.4, -0.2) is 22.1 Å². The first-order chi connectivity index (χ1) is 6.45. The highest BCUT2D eigenvalue weighted by Crippen LogP contribution is 2.25. The van der Waals surface area contributed by atoms with E-state index in [1.807, 2.05) is 0 Å². The number of rotatable bonds is 2. The molecule has 0 fully saturated rings. The molecule has 1 rings (SSSR count). The van der Waals surface area contributed by atoms with Crippen molar-refractivity contribution in [3.8, 4) is 0 Å². The Kier molecular flexibility index (Phi) is 3.19. The molecule has 0 saturated carbocycles. The van der Waals surface area contributed by atoms with Crippen LogP contribution in [0.2, 0.25) is 0 Å². The minimum atomic E-state index is -2.01. The Bertz CT molecular complexity index is 386. The van der Waals surface area contributed by atoms with Crippen molar-refractivity contribution in [3.63, 3.8) is 0 Å². The molecule has 0 spiro atoms. The molecule has 8 heteroatoms. The van der Waals surface area contributed by atoms with Gasteiger partial charge in [0.25, 0.3) is 5.69 Å². The van der Waals surface area contributed by atoms with E-state index < -0.39 is 28.0 Å². The van der Waals surface area contributed by atoms with Gasteiger partial charge in [-0.25, -0.2) is 4.39 Å². The summed E-state index contributed by atoms with van der Waals surface area (Å²) in [7, 11) is -2.01. The van der Waals surface area contributed by atoms with Gasteiger partial charge < -0.3 is 10.0 Å². The van der Waals surface area contributed by atoms with E-state index in [4.69, 9.17) is 10.0 Å². The van der Waals surface area contributed by atoms with Crippen LogP contribution in [0.5, 0.6) is 0 Å². The first kappa shape index (κ1) is 11.1. The van der Waals surface area contributed by atoms with Crippen LogP contribution >= 0.6 is 15.9 Å². The van der Waals surface area contributed by atoms with Crippen molar-refractivity contribution in [2.75, 3.05) is 0 Å². The first-order valence-corrected chi connectivity index (χ1v) is 4.23. The maximum absolute atomic E-state index is 12.9. The van der Waals surface area contributed by atoms with Gasteiger partial charge in [0.05, 0.1) is 10.4 Å². The molecule has 0 saturated heterocycles. The van der Waals surface area contributed by atoms with E-state index in [1.54, 1.807) is 0 Å². The van der Waals surface area contributed by atoms with Gasteiger partial charge in [-0.05, 0) is 22.0 Å². The Balaban J connectivity index is 3.45. The summed E-state index contributed by atoms with van der Waals surface area (Å²) in [4.78, 5) is 9.60. The lowest BCUT2D eigenvalue weighted by Crippen LogP contribution is -2.32. The normalized spacial score (nSPS) is 10.0. The third kappa shape index (κ3) is 1.92. The summed E-state index contributed by atoms with van der Waals surface area (Å²) in [5, 5.41) is 28.0. The molecule has 0 radical (unpaired) electrons. The molecular formula is C6H4BBrFNO4. The van der Waals surface area contributed by atoms with Gasteiger partial charge in [0.2, 0.25) is 0 Å². The third-order valence-electron chi connectivity index (χ3n) is 1.56. The van der Waals surface area contributed by atoms with E-state index in [-0.39, 0.29) is 5.46 Å². The molecule has 0 aromatic heterocycles. The third-order valence-corrected chi connectivity index (χ3v) is 2.32. The zero-order chi connectivity index (χ0) is 10.9. The minimum absolute atomic E-state index is 0.358. The summed E-state index contributed by atoms with van der Waals surface area (Å²) in [6.45, 7) is 0. The molecule has 0 aliphatic carbocycles. The first-order valence-electron chi connectivity index (χ1n) is 3.43. The number of nitro benzene ring substituents is 1. The predicted octanol–water partition coefficient (Wildman–Crippen LogP) is 0.176. The average Bonchev–Trinajstić information content (AvgIpc) is 2.08. The average molecular weight is 264 g/mol. The molecule has 1 aromatic carbocycles. The quantitative estimate of drug-likeness (QED) is 0.453. The van der Waals surface area contributed by atoms with Gasteiger partial charge in [-0.15, -0.1) is 0 Å². The van der Waals surface area contributed by atoms with E-state index in [9.17, 15) is 14.5 Å². The summed E-state index contributed by atoms with van der Waals surface area (Å²) >= 11 is 2.66. The molecular weight excluding hydrogens is 260 g/mol.